The number of unbranched alkanes of at least 4 members (excludes halogenated alkanes) is 9. The van der Waals surface area contributed by atoms with Crippen LogP contribution in [0.2, 0.25) is 0 Å². The Morgan fingerprint density at radius 1 is 0.667 bits per heavy atom. The molecular weight excluding hydrogens is 568 g/mol. The second-order valence-electron chi connectivity index (χ2n) is 13.6. The number of aromatic nitrogens is 3. The van der Waals surface area contributed by atoms with Gasteiger partial charge < -0.3 is 9.47 Å². The number of hydrogen-bond acceptors (Lipinski definition) is 5. The first-order valence-corrected chi connectivity index (χ1v) is 17.7. The second kappa shape index (κ2) is 15.5. The van der Waals surface area contributed by atoms with Crippen LogP contribution in [0.5, 0.6) is 11.5 Å². The van der Waals surface area contributed by atoms with Gasteiger partial charge in [0.1, 0.15) is 17.2 Å². The summed E-state index contributed by atoms with van der Waals surface area (Å²) in [6.07, 6.45) is 24.0. The fourth-order valence-corrected chi connectivity index (χ4v) is 6.42. The fourth-order valence-electron chi connectivity index (χ4n) is 6.42. The van der Waals surface area contributed by atoms with Crippen molar-refractivity contribution in [3.05, 3.63) is 54.5 Å². The van der Waals surface area contributed by atoms with Crippen molar-refractivity contribution < 1.29 is 18.3 Å². The molecule has 1 aliphatic heterocycles. The van der Waals surface area contributed by atoms with Gasteiger partial charge in [-0.2, -0.15) is 8.78 Å². The summed E-state index contributed by atoms with van der Waals surface area (Å²) in [5.41, 5.74) is 1.82. The van der Waals surface area contributed by atoms with Gasteiger partial charge in [-0.05, 0) is 60.9 Å². The van der Waals surface area contributed by atoms with E-state index in [1.54, 1.807) is 24.5 Å². The molecule has 2 fully saturated rings. The first-order valence-electron chi connectivity index (χ1n) is 17.7. The zero-order chi connectivity index (χ0) is 30.9. The fraction of sp³-hybridized carbons (Fsp3) is 0.605. The van der Waals surface area contributed by atoms with E-state index >= 15 is 8.78 Å². The number of nitrogens with zero attached hydrogens (tertiary/aromatic N) is 3. The Labute approximate surface area is 267 Å². The number of ether oxygens (including phenoxy) is 2. The molecule has 2 saturated carbocycles. The Bertz CT molecular complexity index is 1340. The Morgan fingerprint density at radius 2 is 1.24 bits per heavy atom. The van der Waals surface area contributed by atoms with Gasteiger partial charge in [-0.1, -0.05) is 108 Å². The molecule has 3 aromatic rings. The maximum atomic E-state index is 15.3. The molecule has 1 aromatic carbocycles. The number of rotatable bonds is 20. The maximum absolute atomic E-state index is 15.3. The maximum Gasteiger partial charge on any atom is 0.329 e. The van der Waals surface area contributed by atoms with Crippen molar-refractivity contribution in [3.63, 3.8) is 0 Å². The molecule has 3 heterocycles. The molecule has 45 heavy (non-hydrogen) atoms. The normalized spacial score (nSPS) is 18.5. The number of hydrogen-bond donors (Lipinski definition) is 0. The Morgan fingerprint density at radius 3 is 1.87 bits per heavy atom. The van der Waals surface area contributed by atoms with Crippen LogP contribution in [0.1, 0.15) is 121 Å². The predicted octanol–water partition coefficient (Wildman–Crippen LogP) is 10.7. The number of pyridine rings is 1. The highest BCUT2D eigenvalue weighted by Crippen LogP contribution is 2.46. The lowest BCUT2D eigenvalue weighted by molar-refractivity contribution is -0.0818. The van der Waals surface area contributed by atoms with Crippen molar-refractivity contribution in [2.45, 2.75) is 128 Å². The molecule has 2 aliphatic carbocycles. The minimum Gasteiger partial charge on any atom is -0.494 e. The van der Waals surface area contributed by atoms with Crippen LogP contribution in [0, 0.1) is 11.8 Å². The minimum atomic E-state index is -3.13. The molecule has 1 atom stereocenters. The summed E-state index contributed by atoms with van der Waals surface area (Å²) in [5, 5.41) is 0. The van der Waals surface area contributed by atoms with E-state index in [9.17, 15) is 0 Å². The number of alkyl halides is 2. The van der Waals surface area contributed by atoms with Crippen molar-refractivity contribution in [2.24, 2.45) is 11.8 Å². The third-order valence-electron chi connectivity index (χ3n) is 9.66. The summed E-state index contributed by atoms with van der Waals surface area (Å²) < 4.78 is 42.3. The quantitative estimate of drug-likeness (QED) is 0.118. The molecule has 7 heteroatoms. The molecule has 6 rings (SSSR count). The van der Waals surface area contributed by atoms with Gasteiger partial charge in [0, 0.05) is 18.0 Å². The van der Waals surface area contributed by atoms with Crippen LogP contribution in [-0.2, 0) is 5.92 Å². The highest BCUT2D eigenvalue weighted by molar-refractivity contribution is 5.64. The first-order chi connectivity index (χ1) is 22.1. The Hall–Kier alpha value is -3.09. The molecule has 2 aromatic heterocycles. The van der Waals surface area contributed by atoms with Crippen molar-refractivity contribution in [2.75, 3.05) is 6.61 Å². The molecular formula is C38H49F2N3O2. The van der Waals surface area contributed by atoms with Crippen LogP contribution < -0.4 is 9.47 Å². The van der Waals surface area contributed by atoms with Gasteiger partial charge in [0.2, 0.25) is 0 Å². The van der Waals surface area contributed by atoms with Crippen LogP contribution >= 0.6 is 0 Å². The van der Waals surface area contributed by atoms with Gasteiger partial charge in [0.25, 0.3) is 0 Å². The van der Waals surface area contributed by atoms with Gasteiger partial charge in [0.05, 0.1) is 6.61 Å². The van der Waals surface area contributed by atoms with E-state index in [0.29, 0.717) is 17.9 Å². The molecule has 5 nitrogen and oxygen atoms in total. The van der Waals surface area contributed by atoms with Gasteiger partial charge in [-0.15, -0.1) is 0 Å². The zero-order valence-electron chi connectivity index (χ0n) is 26.7. The SMILES string of the molecule is FC1(F)c2nc(-c3ncc(-c4ccc(OCCCCCCC5CC5)cc4)cn3)ccc2OC1CCCCCCCCCC1CC1. The molecule has 0 radical (unpaired) electrons. The van der Waals surface area contributed by atoms with E-state index < -0.39 is 12.0 Å². The van der Waals surface area contributed by atoms with Crippen LogP contribution in [-0.4, -0.2) is 27.7 Å². The molecule has 0 N–H and O–H groups in total. The van der Waals surface area contributed by atoms with Crippen LogP contribution in [0.15, 0.2) is 48.8 Å². The average Bonchev–Trinajstić information content (AvgIpc) is 4.00. The highest BCUT2D eigenvalue weighted by atomic mass is 19.3. The summed E-state index contributed by atoms with van der Waals surface area (Å²) in [6, 6.07) is 11.2. The lowest BCUT2D eigenvalue weighted by atomic mass is 10.0. The average molecular weight is 618 g/mol. The number of halogens is 2. The highest BCUT2D eigenvalue weighted by Gasteiger charge is 2.52. The van der Waals surface area contributed by atoms with E-state index in [4.69, 9.17) is 9.47 Å². The molecule has 0 amide bonds. The number of benzene rings is 1. The molecule has 0 spiro atoms. The minimum absolute atomic E-state index is 0.164. The van der Waals surface area contributed by atoms with E-state index in [2.05, 4.69) is 15.0 Å². The third-order valence-corrected chi connectivity index (χ3v) is 9.66. The van der Waals surface area contributed by atoms with E-state index in [-0.39, 0.29) is 11.4 Å². The van der Waals surface area contributed by atoms with Crippen molar-refractivity contribution in [3.8, 4) is 34.1 Å². The molecule has 242 valence electrons. The van der Waals surface area contributed by atoms with E-state index in [0.717, 1.165) is 61.0 Å². The molecule has 0 saturated heterocycles. The molecule has 0 bridgehead atoms. The molecule has 3 aliphatic rings. The zero-order valence-corrected chi connectivity index (χ0v) is 26.7. The molecule has 1 unspecified atom stereocenters. The van der Waals surface area contributed by atoms with Crippen molar-refractivity contribution in [1.82, 2.24) is 15.0 Å². The number of fused-ring (bicyclic) bond motifs is 1. The van der Waals surface area contributed by atoms with Crippen molar-refractivity contribution >= 4 is 0 Å². The first kappa shape index (κ1) is 31.9. The van der Waals surface area contributed by atoms with Gasteiger partial charge in [0.15, 0.2) is 17.6 Å². The Kier molecular flexibility index (Phi) is 11.0. The lowest BCUT2D eigenvalue weighted by Crippen LogP contribution is -2.30. The summed E-state index contributed by atoms with van der Waals surface area (Å²) in [5.74, 6) is 0.242. The van der Waals surface area contributed by atoms with Crippen LogP contribution in [0.25, 0.3) is 22.6 Å². The monoisotopic (exact) mass is 617 g/mol. The third kappa shape index (κ3) is 9.23. The standard InChI is InChI=1S/C38H49F2N3O2/c39-38(40)35(14-10-5-3-1-2-4-8-12-28-15-16-28)45-34-24-23-33(43-36(34)38)37-41-26-31(27-42-37)30-19-21-32(22-20-30)44-25-11-7-6-9-13-29-17-18-29/h19-24,26-29,35H,1-18,25H2. The lowest BCUT2D eigenvalue weighted by Gasteiger charge is -2.17. The van der Waals surface area contributed by atoms with E-state index in [1.807, 2.05) is 24.3 Å². The predicted molar refractivity (Wildman–Crippen MR) is 175 cm³/mol. The topological polar surface area (TPSA) is 57.1 Å². The van der Waals surface area contributed by atoms with Crippen molar-refractivity contribution in [1.29, 1.82) is 0 Å². The van der Waals surface area contributed by atoms with Gasteiger partial charge >= 0.3 is 5.92 Å². The summed E-state index contributed by atoms with van der Waals surface area (Å²) in [7, 11) is 0. The Balaban J connectivity index is 0.935. The van der Waals surface area contributed by atoms with E-state index in [1.165, 1.54) is 83.5 Å². The van der Waals surface area contributed by atoms with Gasteiger partial charge in [-0.3, -0.25) is 0 Å². The second-order valence-corrected chi connectivity index (χ2v) is 13.6. The summed E-state index contributed by atoms with van der Waals surface area (Å²) >= 11 is 0. The van der Waals surface area contributed by atoms with Crippen LogP contribution in [0.4, 0.5) is 8.78 Å². The van der Waals surface area contributed by atoms with Gasteiger partial charge in [-0.25, -0.2) is 15.0 Å². The largest absolute Gasteiger partial charge is 0.494 e. The summed E-state index contributed by atoms with van der Waals surface area (Å²) in [6.45, 7) is 0.736. The smallest absolute Gasteiger partial charge is 0.329 e. The van der Waals surface area contributed by atoms with Crippen LogP contribution in [0.3, 0.4) is 0 Å². The summed E-state index contributed by atoms with van der Waals surface area (Å²) in [4.78, 5) is 13.2.